The number of aryl methyl sites for hydroxylation is 1. The van der Waals surface area contributed by atoms with Gasteiger partial charge in [0, 0.05) is 0 Å². The van der Waals surface area contributed by atoms with Gasteiger partial charge < -0.3 is 9.84 Å². The number of ether oxygens (including phenoxy) is 1. The number of benzene rings is 2. The molecule has 0 saturated carbocycles. The summed E-state index contributed by atoms with van der Waals surface area (Å²) in [6.45, 7) is 2.05. The van der Waals surface area contributed by atoms with Crippen molar-refractivity contribution >= 4 is 0 Å². The number of hydrogen-bond acceptors (Lipinski definition) is 2. The summed E-state index contributed by atoms with van der Waals surface area (Å²) in [4.78, 5) is 0. The lowest BCUT2D eigenvalue weighted by molar-refractivity contribution is 0.180. The average molecular weight is 254 g/mol. The molecule has 0 amide bonds. The summed E-state index contributed by atoms with van der Waals surface area (Å²) in [6.07, 6.45) is 1.50. The minimum atomic E-state index is -0.296. The molecule has 0 aliphatic heterocycles. The Morgan fingerprint density at radius 3 is 2.74 bits per heavy atom. The second-order valence-corrected chi connectivity index (χ2v) is 5.09. The van der Waals surface area contributed by atoms with Gasteiger partial charge in [-0.15, -0.1) is 0 Å². The minimum absolute atomic E-state index is 0.0329. The van der Waals surface area contributed by atoms with Crippen LogP contribution in [0.1, 0.15) is 42.2 Å². The summed E-state index contributed by atoms with van der Waals surface area (Å²) in [5.41, 5.74) is 3.44. The van der Waals surface area contributed by atoms with Crippen molar-refractivity contribution in [1.29, 1.82) is 0 Å². The first-order valence-electron chi connectivity index (χ1n) is 6.76. The molecule has 0 spiro atoms. The molecule has 2 aromatic rings. The average Bonchev–Trinajstić information content (AvgIpc) is 2.81. The van der Waals surface area contributed by atoms with Crippen molar-refractivity contribution in [3.05, 3.63) is 65.2 Å². The third kappa shape index (κ3) is 2.49. The summed E-state index contributed by atoms with van der Waals surface area (Å²) < 4.78 is 5.98. The highest BCUT2D eigenvalue weighted by Gasteiger charge is 2.20. The van der Waals surface area contributed by atoms with Crippen molar-refractivity contribution < 1.29 is 9.84 Å². The van der Waals surface area contributed by atoms with Crippen LogP contribution in [0.15, 0.2) is 48.5 Å². The van der Waals surface area contributed by atoms with E-state index in [4.69, 9.17) is 4.74 Å². The molecule has 1 unspecified atom stereocenters. The van der Waals surface area contributed by atoms with Gasteiger partial charge >= 0.3 is 0 Å². The molecule has 1 N–H and O–H groups in total. The molecule has 2 heteroatoms. The fourth-order valence-corrected chi connectivity index (χ4v) is 2.64. The number of aliphatic hydroxyl groups excluding tert-OH is 1. The quantitative estimate of drug-likeness (QED) is 0.902. The van der Waals surface area contributed by atoms with E-state index >= 15 is 0 Å². The maximum atomic E-state index is 9.79. The first-order valence-corrected chi connectivity index (χ1v) is 6.76. The highest BCUT2D eigenvalue weighted by Crippen LogP contribution is 2.34. The van der Waals surface area contributed by atoms with Gasteiger partial charge in [-0.1, -0.05) is 36.4 Å². The molecule has 98 valence electrons. The number of fused-ring (bicyclic) bond motifs is 1. The zero-order valence-electron chi connectivity index (χ0n) is 11.0. The highest BCUT2D eigenvalue weighted by molar-refractivity contribution is 5.40. The smallest absolute Gasteiger partial charge is 0.121 e. The van der Waals surface area contributed by atoms with E-state index < -0.39 is 0 Å². The molecule has 1 aliphatic carbocycles. The van der Waals surface area contributed by atoms with E-state index in [1.807, 2.05) is 30.3 Å². The van der Waals surface area contributed by atoms with Gasteiger partial charge in [0.25, 0.3) is 0 Å². The Balaban J connectivity index is 1.77. The van der Waals surface area contributed by atoms with Crippen LogP contribution in [0.3, 0.4) is 0 Å². The topological polar surface area (TPSA) is 29.5 Å². The maximum absolute atomic E-state index is 9.79. The third-order valence-electron chi connectivity index (χ3n) is 3.74. The Kier molecular flexibility index (Phi) is 3.26. The van der Waals surface area contributed by atoms with Crippen LogP contribution in [0.25, 0.3) is 0 Å². The van der Waals surface area contributed by atoms with Crippen LogP contribution in [0.2, 0.25) is 0 Å². The predicted octanol–water partition coefficient (Wildman–Crippen LogP) is 3.81. The Morgan fingerprint density at radius 2 is 1.95 bits per heavy atom. The summed E-state index contributed by atoms with van der Waals surface area (Å²) in [5.74, 6) is 0.879. The van der Waals surface area contributed by atoms with Gasteiger partial charge in [-0.2, -0.15) is 0 Å². The van der Waals surface area contributed by atoms with Crippen molar-refractivity contribution in [2.75, 3.05) is 0 Å². The van der Waals surface area contributed by atoms with Crippen LogP contribution in [0.5, 0.6) is 5.75 Å². The fraction of sp³-hybridized carbons (Fsp3) is 0.294. The fourth-order valence-electron chi connectivity index (χ4n) is 2.64. The lowest BCUT2D eigenvalue weighted by Crippen LogP contribution is -2.03. The molecular weight excluding hydrogens is 236 g/mol. The van der Waals surface area contributed by atoms with Gasteiger partial charge in [0.05, 0.1) is 6.10 Å². The number of hydrogen-bond donors (Lipinski definition) is 1. The molecule has 0 bridgehead atoms. The van der Waals surface area contributed by atoms with Crippen molar-refractivity contribution in [2.24, 2.45) is 0 Å². The molecule has 2 aromatic carbocycles. The molecule has 19 heavy (non-hydrogen) atoms. The lowest BCUT2D eigenvalue weighted by Gasteiger charge is -2.16. The second-order valence-electron chi connectivity index (χ2n) is 5.09. The molecule has 0 radical (unpaired) electrons. The van der Waals surface area contributed by atoms with Gasteiger partial charge in [0.1, 0.15) is 11.9 Å². The monoisotopic (exact) mass is 254 g/mol. The van der Waals surface area contributed by atoms with Crippen LogP contribution >= 0.6 is 0 Å². The summed E-state index contributed by atoms with van der Waals surface area (Å²) in [7, 11) is 0. The van der Waals surface area contributed by atoms with Crippen molar-refractivity contribution in [2.45, 2.75) is 32.0 Å². The Hall–Kier alpha value is -1.80. The van der Waals surface area contributed by atoms with Gasteiger partial charge in [-0.25, -0.2) is 0 Å². The first kappa shape index (κ1) is 12.2. The van der Waals surface area contributed by atoms with Gasteiger partial charge in [0.15, 0.2) is 0 Å². The van der Waals surface area contributed by atoms with Crippen LogP contribution in [0, 0.1) is 0 Å². The summed E-state index contributed by atoms with van der Waals surface area (Å²) >= 11 is 0. The lowest BCUT2D eigenvalue weighted by atomic mass is 10.1. The zero-order valence-corrected chi connectivity index (χ0v) is 11.0. The van der Waals surface area contributed by atoms with Crippen LogP contribution in [-0.2, 0) is 6.42 Å². The van der Waals surface area contributed by atoms with E-state index in [1.54, 1.807) is 0 Å². The highest BCUT2D eigenvalue weighted by atomic mass is 16.5. The Bertz CT molecular complexity index is 563. The molecule has 1 aliphatic rings. The largest absolute Gasteiger partial charge is 0.486 e. The molecule has 0 saturated heterocycles. The maximum Gasteiger partial charge on any atom is 0.121 e. The summed E-state index contributed by atoms with van der Waals surface area (Å²) in [6, 6.07) is 16.2. The van der Waals surface area contributed by atoms with Gasteiger partial charge in [-0.05, 0) is 48.6 Å². The van der Waals surface area contributed by atoms with Crippen LogP contribution in [-0.4, -0.2) is 5.11 Å². The normalized spacial score (nSPS) is 18.9. The van der Waals surface area contributed by atoms with Crippen LogP contribution < -0.4 is 4.74 Å². The molecular formula is C17H18O2. The van der Waals surface area contributed by atoms with Gasteiger partial charge in [-0.3, -0.25) is 0 Å². The zero-order chi connectivity index (χ0) is 13.2. The number of aliphatic hydroxyl groups is 1. The van der Waals surface area contributed by atoms with E-state index in [0.29, 0.717) is 0 Å². The van der Waals surface area contributed by atoms with E-state index in [9.17, 15) is 5.11 Å². The predicted molar refractivity (Wildman–Crippen MR) is 75.2 cm³/mol. The molecule has 0 heterocycles. The van der Waals surface area contributed by atoms with E-state index in [-0.39, 0.29) is 12.2 Å². The van der Waals surface area contributed by atoms with Crippen molar-refractivity contribution in [3.8, 4) is 5.75 Å². The molecule has 3 rings (SSSR count). The first-order chi connectivity index (χ1) is 9.24. The Labute approximate surface area is 113 Å². The SMILES string of the molecule is CC(Oc1ccc2c(c1)CC[C@@H]2O)c1ccccc1. The standard InChI is InChI=1S/C17H18O2/c1-12(13-5-3-2-4-6-13)19-15-8-9-16-14(11-15)7-10-17(16)18/h2-6,8-9,11-12,17-18H,7,10H2,1H3/t12?,17-/m0/s1. The molecule has 2 atom stereocenters. The van der Waals surface area contributed by atoms with Crippen molar-refractivity contribution in [1.82, 2.24) is 0 Å². The van der Waals surface area contributed by atoms with E-state index in [0.717, 1.165) is 24.2 Å². The molecule has 2 nitrogen and oxygen atoms in total. The van der Waals surface area contributed by atoms with Crippen molar-refractivity contribution in [3.63, 3.8) is 0 Å². The Morgan fingerprint density at radius 1 is 1.16 bits per heavy atom. The minimum Gasteiger partial charge on any atom is -0.486 e. The number of rotatable bonds is 3. The molecule has 0 aromatic heterocycles. The molecule has 0 fully saturated rings. The third-order valence-corrected chi connectivity index (χ3v) is 3.74. The summed E-state index contributed by atoms with van der Waals surface area (Å²) in [5, 5.41) is 9.79. The van der Waals surface area contributed by atoms with E-state index in [2.05, 4.69) is 25.1 Å². The van der Waals surface area contributed by atoms with E-state index in [1.165, 1.54) is 11.1 Å². The van der Waals surface area contributed by atoms with Gasteiger partial charge in [0.2, 0.25) is 0 Å². The van der Waals surface area contributed by atoms with Crippen LogP contribution in [0.4, 0.5) is 0 Å². The second kappa shape index (κ2) is 5.06.